The van der Waals surface area contributed by atoms with Gasteiger partial charge in [-0.3, -0.25) is 19.2 Å². The van der Waals surface area contributed by atoms with Crippen LogP contribution in [0.15, 0.2) is 134 Å². The SMILES string of the molecule is COCCOCCOCCOCCOc1ccc(C(=O)Nc2cc3cc(C(=O)N4C[C@@H](CCl)c5c4cc(O)c4cccc(C)c54)[nH]c3cn2)cc1.Cc1cccc2c(O)cc3c(c12)[C@H](CCl)CN3C(=O)c1cc2cc(NC(=O)c3ccc(O)cc3)ncc2[nH]1. The number of ether oxygens (including phenoxy) is 5. The Morgan fingerprint density at radius 2 is 0.989 bits per heavy atom. The summed E-state index contributed by atoms with van der Waals surface area (Å²) in [4.78, 5) is 71.4. The van der Waals surface area contributed by atoms with Crippen LogP contribution >= 0.6 is 23.2 Å². The third-order valence-electron chi connectivity index (χ3n) is 15.7. The molecule has 20 nitrogen and oxygen atoms in total. The highest BCUT2D eigenvalue weighted by Crippen LogP contribution is 2.48. The number of alkyl halides is 2. The molecule has 2 atom stereocenters. The second kappa shape index (κ2) is 27.4. The van der Waals surface area contributed by atoms with Crippen molar-refractivity contribution in [1.29, 1.82) is 0 Å². The minimum absolute atomic E-state index is 0.0714. The van der Waals surface area contributed by atoms with E-state index < -0.39 is 0 Å². The number of carbonyl (C=O) groups excluding carboxylic acids is 4. The van der Waals surface area contributed by atoms with Crippen LogP contribution in [-0.2, 0) is 18.9 Å². The van der Waals surface area contributed by atoms with E-state index in [1.54, 1.807) is 90.0 Å². The topological polar surface area (TPSA) is 263 Å². The smallest absolute Gasteiger partial charge is 0.274 e. The first-order valence-electron chi connectivity index (χ1n) is 28.8. The number of aromatic hydroxyl groups is 3. The summed E-state index contributed by atoms with van der Waals surface area (Å²) in [6.07, 6.45) is 3.13. The molecule has 2 aliphatic rings. The summed E-state index contributed by atoms with van der Waals surface area (Å²) < 4.78 is 26.9. The average Bonchev–Trinajstić information content (AvgIpc) is 1.70. The van der Waals surface area contributed by atoms with E-state index in [-0.39, 0.29) is 52.7 Å². The number of hydrogen-bond donors (Lipinski definition) is 7. The molecule has 0 fully saturated rings. The lowest BCUT2D eigenvalue weighted by molar-refractivity contribution is 0.000164. The molecule has 4 amide bonds. The van der Waals surface area contributed by atoms with Crippen LogP contribution < -0.4 is 25.2 Å². The van der Waals surface area contributed by atoms with E-state index in [0.29, 0.717) is 151 Å². The molecule has 0 bridgehead atoms. The van der Waals surface area contributed by atoms with Crippen molar-refractivity contribution in [2.24, 2.45) is 0 Å². The van der Waals surface area contributed by atoms with Gasteiger partial charge in [-0.1, -0.05) is 36.4 Å². The Morgan fingerprint density at radius 3 is 1.43 bits per heavy atom. The summed E-state index contributed by atoms with van der Waals surface area (Å²) in [7, 11) is 1.63. The third-order valence-corrected chi connectivity index (χ3v) is 16.4. The molecule has 0 unspecified atom stereocenters. The standard InChI is InChI=1S/C38H41ClN4O8.C29H23ClN4O4/c1-24-4-3-5-29-33(44)20-32-36(35(24)29)27(21-39)23-43(32)38(46)30-18-26-19-34(40-22-31(26)41-30)42-37(45)25-6-8-28(9-7-25)51-17-16-50-15-14-49-13-12-48-11-10-47-2;1-15-3-2-4-20-24(36)11-23-27(26(15)20)18(12-30)14-34(23)29(38)21-9-17-10-25(31-13-22(17)32-21)33-28(37)16-5-7-19(35)8-6-16/h3-9,18-20,22,27,41,44H,10-17,21,23H2,1-2H3,(H,40,42,45);2-11,13,18,32,35-36H,12,14H2,1H3,(H,31,33,37)/t27-;18-/m11/s1. The number of phenolic OH excluding ortho intramolecular Hbond substituents is 3. The Morgan fingerprint density at radius 1 is 0.562 bits per heavy atom. The predicted octanol–water partition coefficient (Wildman–Crippen LogP) is 11.7. The van der Waals surface area contributed by atoms with Gasteiger partial charge >= 0.3 is 0 Å². The first kappa shape index (κ1) is 61.4. The molecule has 0 saturated carbocycles. The van der Waals surface area contributed by atoms with Gasteiger partial charge in [0.2, 0.25) is 0 Å². The number of nitrogens with zero attached hydrogens (tertiary/aromatic N) is 4. The van der Waals surface area contributed by atoms with Crippen molar-refractivity contribution in [3.05, 3.63) is 178 Å². The number of H-pyrrole nitrogens is 2. The quantitative estimate of drug-likeness (QED) is 0.0261. The van der Waals surface area contributed by atoms with E-state index in [0.717, 1.165) is 43.8 Å². The van der Waals surface area contributed by atoms with Crippen LogP contribution in [0.3, 0.4) is 0 Å². The molecule has 10 aromatic rings. The number of aromatic nitrogens is 4. The van der Waals surface area contributed by atoms with Gasteiger partial charge < -0.3 is 69.4 Å². The minimum Gasteiger partial charge on any atom is -0.508 e. The van der Waals surface area contributed by atoms with Crippen molar-refractivity contribution >= 4 is 113 Å². The average molecular weight is 1240 g/mol. The van der Waals surface area contributed by atoms with Crippen molar-refractivity contribution in [1.82, 2.24) is 19.9 Å². The van der Waals surface area contributed by atoms with Gasteiger partial charge in [-0.25, -0.2) is 9.97 Å². The first-order valence-corrected chi connectivity index (χ1v) is 29.9. The maximum atomic E-state index is 13.9. The zero-order valence-corrected chi connectivity index (χ0v) is 50.4. The number of carbonyl (C=O) groups is 4. The number of aryl methyl sites for hydroxylation is 2. The van der Waals surface area contributed by atoms with Crippen LogP contribution in [0.25, 0.3) is 43.4 Å². The highest BCUT2D eigenvalue weighted by molar-refractivity contribution is 6.20. The van der Waals surface area contributed by atoms with Crippen molar-refractivity contribution in [2.45, 2.75) is 25.7 Å². The highest BCUT2D eigenvalue weighted by Gasteiger charge is 2.38. The van der Waals surface area contributed by atoms with E-state index in [9.17, 15) is 34.5 Å². The summed E-state index contributed by atoms with van der Waals surface area (Å²) >= 11 is 12.8. The number of halogens is 2. The first-order chi connectivity index (χ1) is 43.2. The molecule has 6 heterocycles. The molecule has 0 aliphatic carbocycles. The van der Waals surface area contributed by atoms with Gasteiger partial charge in [0, 0.05) is 88.6 Å². The minimum atomic E-state index is -0.369. The fourth-order valence-corrected chi connectivity index (χ4v) is 11.9. The number of rotatable bonds is 21. The zero-order valence-electron chi connectivity index (χ0n) is 48.9. The zero-order chi connectivity index (χ0) is 62.3. The third kappa shape index (κ3) is 13.3. The van der Waals surface area contributed by atoms with Gasteiger partial charge in [-0.05, 0) is 120 Å². The van der Waals surface area contributed by atoms with Crippen molar-refractivity contribution in [3.63, 3.8) is 0 Å². The molecule has 7 N–H and O–H groups in total. The summed E-state index contributed by atoms with van der Waals surface area (Å²) in [5, 5.41) is 41.4. The molecular formula is C67H64Cl2N8O12. The Bertz CT molecular complexity index is 4270. The van der Waals surface area contributed by atoms with Crippen LogP contribution in [0.5, 0.6) is 23.0 Å². The predicted molar refractivity (Wildman–Crippen MR) is 343 cm³/mol. The number of hydrogen-bond acceptors (Lipinski definition) is 14. The summed E-state index contributed by atoms with van der Waals surface area (Å²) in [6.45, 7) is 8.55. The number of aromatic amines is 2. The maximum absolute atomic E-state index is 13.9. The molecule has 89 heavy (non-hydrogen) atoms. The van der Waals surface area contributed by atoms with E-state index in [2.05, 4.69) is 30.6 Å². The second-order valence-electron chi connectivity index (χ2n) is 21.5. The second-order valence-corrected chi connectivity index (χ2v) is 22.1. The molecule has 0 radical (unpaired) electrons. The number of amides is 4. The van der Waals surface area contributed by atoms with E-state index in [4.69, 9.17) is 46.9 Å². The molecule has 0 spiro atoms. The molecule has 0 saturated heterocycles. The Kier molecular flexibility index (Phi) is 18.9. The molecular weight excluding hydrogens is 1180 g/mol. The highest BCUT2D eigenvalue weighted by atomic mass is 35.5. The number of fused-ring (bicyclic) bond motifs is 8. The van der Waals surface area contributed by atoms with Gasteiger partial charge in [0.15, 0.2) is 0 Å². The lowest BCUT2D eigenvalue weighted by atomic mass is 9.92. The van der Waals surface area contributed by atoms with E-state index in [1.807, 2.05) is 50.2 Å². The monoisotopic (exact) mass is 1240 g/mol. The molecule has 12 rings (SSSR count). The van der Waals surface area contributed by atoms with Gasteiger partial charge in [-0.2, -0.15) is 0 Å². The number of nitrogens with one attached hydrogen (secondary N) is 4. The lowest BCUT2D eigenvalue weighted by Crippen LogP contribution is -2.30. The number of anilines is 4. The van der Waals surface area contributed by atoms with Crippen LogP contribution in [-0.4, -0.2) is 144 Å². The van der Waals surface area contributed by atoms with Crippen LogP contribution in [0.1, 0.15) is 75.8 Å². The van der Waals surface area contributed by atoms with E-state index >= 15 is 0 Å². The Balaban J connectivity index is 0.000000191. The molecule has 4 aromatic heterocycles. The Hall–Kier alpha value is -9.28. The Labute approximate surface area is 521 Å². The fourth-order valence-electron chi connectivity index (χ4n) is 11.3. The van der Waals surface area contributed by atoms with Gasteiger partial charge in [0.25, 0.3) is 23.6 Å². The van der Waals surface area contributed by atoms with Crippen LogP contribution in [0.2, 0.25) is 0 Å². The van der Waals surface area contributed by atoms with Gasteiger partial charge in [0.05, 0.1) is 81.1 Å². The van der Waals surface area contributed by atoms with Gasteiger partial charge in [0.1, 0.15) is 52.6 Å². The molecule has 22 heteroatoms. The summed E-state index contributed by atoms with van der Waals surface area (Å²) in [5.41, 5.74) is 8.06. The number of methoxy groups -OCH3 is 1. The van der Waals surface area contributed by atoms with Crippen molar-refractivity contribution < 1.29 is 58.2 Å². The lowest BCUT2D eigenvalue weighted by Gasteiger charge is -2.18. The maximum Gasteiger partial charge on any atom is 0.274 e. The van der Waals surface area contributed by atoms with Crippen LogP contribution in [0.4, 0.5) is 23.0 Å². The van der Waals surface area contributed by atoms with Crippen molar-refractivity contribution in [3.8, 4) is 23.0 Å². The van der Waals surface area contributed by atoms with Gasteiger partial charge in [-0.15, -0.1) is 23.2 Å². The molecule has 2 aliphatic heterocycles. The normalized spacial score (nSPS) is 14.3. The van der Waals surface area contributed by atoms with Crippen LogP contribution in [0, 0.1) is 13.8 Å². The largest absolute Gasteiger partial charge is 0.508 e. The molecule has 458 valence electrons. The number of phenols is 3. The summed E-state index contributed by atoms with van der Waals surface area (Å²) in [5.74, 6) is 0.877. The number of benzene rings is 6. The fraction of sp³-hybridized carbons (Fsp3) is 0.254. The number of pyridine rings is 2. The molecule has 6 aromatic carbocycles. The van der Waals surface area contributed by atoms with Crippen molar-refractivity contribution in [2.75, 3.05) is 105 Å². The summed E-state index contributed by atoms with van der Waals surface area (Å²) in [6, 6.07) is 34.3. The van der Waals surface area contributed by atoms with E-state index in [1.165, 1.54) is 24.3 Å².